The zero-order valence-electron chi connectivity index (χ0n) is 9.97. The summed E-state index contributed by atoms with van der Waals surface area (Å²) in [6.45, 7) is 0. The van der Waals surface area contributed by atoms with Crippen LogP contribution in [0.3, 0.4) is 0 Å². The third-order valence-corrected chi connectivity index (χ3v) is 3.46. The smallest absolute Gasteiger partial charge is 0.0900 e. The van der Waals surface area contributed by atoms with Gasteiger partial charge in [-0.1, -0.05) is 30.3 Å². The van der Waals surface area contributed by atoms with Crippen LogP contribution in [-0.4, -0.2) is 12.0 Å². The Morgan fingerprint density at radius 2 is 1.59 bits per heavy atom. The van der Waals surface area contributed by atoms with E-state index in [-0.39, 0.29) is 5.56 Å². The number of aromatic carboxylic acids is 1. The summed E-state index contributed by atoms with van der Waals surface area (Å²) in [6.07, 6.45) is 5.91. The van der Waals surface area contributed by atoms with E-state index in [1.165, 1.54) is 37.8 Å². The third kappa shape index (κ3) is 3.86. The molecule has 2 aliphatic rings. The predicted octanol–water partition coefficient (Wildman–Crippen LogP) is 0.467. The molecule has 0 aliphatic heterocycles. The van der Waals surface area contributed by atoms with Crippen molar-refractivity contribution >= 4 is 5.97 Å². The zero-order chi connectivity index (χ0) is 12.3. The number of carboxylic acids is 1. The highest BCUT2D eigenvalue weighted by atomic mass is 16.4. The van der Waals surface area contributed by atoms with Crippen molar-refractivity contribution in [2.45, 2.75) is 31.7 Å². The maximum absolute atomic E-state index is 10.1. The van der Waals surface area contributed by atoms with Gasteiger partial charge < -0.3 is 15.6 Å². The van der Waals surface area contributed by atoms with Crippen LogP contribution in [0.15, 0.2) is 30.3 Å². The Morgan fingerprint density at radius 1 is 1.12 bits per heavy atom. The molecule has 3 rings (SSSR count). The lowest BCUT2D eigenvalue weighted by atomic mass is 10.1. The molecule has 0 amide bonds. The average Bonchev–Trinajstić information content (AvgIpc) is 3.21. The molecule has 1 aromatic rings. The number of rotatable bonds is 3. The fraction of sp³-hybridized carbons (Fsp3) is 0.500. The molecule has 1 aromatic carbocycles. The summed E-state index contributed by atoms with van der Waals surface area (Å²) >= 11 is 0. The summed E-state index contributed by atoms with van der Waals surface area (Å²) in [6, 6.07) is 8.91. The van der Waals surface area contributed by atoms with Crippen LogP contribution in [0.2, 0.25) is 0 Å². The number of carbonyl (C=O) groups excluding carboxylic acids is 1. The first-order valence-electron chi connectivity index (χ1n) is 6.28. The quantitative estimate of drug-likeness (QED) is 0.824. The van der Waals surface area contributed by atoms with Gasteiger partial charge in [0.05, 0.1) is 12.0 Å². The fourth-order valence-corrected chi connectivity index (χ4v) is 2.01. The van der Waals surface area contributed by atoms with E-state index in [4.69, 9.17) is 0 Å². The van der Waals surface area contributed by atoms with Crippen LogP contribution in [0.25, 0.3) is 0 Å². The molecule has 0 spiro atoms. The van der Waals surface area contributed by atoms with E-state index in [1.807, 2.05) is 0 Å². The molecule has 2 aliphatic carbocycles. The first kappa shape index (κ1) is 12.1. The van der Waals surface area contributed by atoms with Gasteiger partial charge in [0.1, 0.15) is 0 Å². The van der Waals surface area contributed by atoms with E-state index in [2.05, 4.69) is 5.73 Å². The van der Waals surface area contributed by atoms with Crippen molar-refractivity contribution in [3.8, 4) is 0 Å². The normalized spacial score (nSPS) is 18.5. The molecular weight excluding hydrogens is 214 g/mol. The topological polar surface area (TPSA) is 67.8 Å². The van der Waals surface area contributed by atoms with Crippen LogP contribution in [-0.2, 0) is 0 Å². The van der Waals surface area contributed by atoms with E-state index in [1.54, 1.807) is 18.2 Å². The summed E-state index contributed by atoms with van der Waals surface area (Å²) in [5.41, 5.74) is 4.38. The van der Waals surface area contributed by atoms with Crippen molar-refractivity contribution in [3.05, 3.63) is 35.9 Å². The van der Waals surface area contributed by atoms with Gasteiger partial charge in [0, 0.05) is 11.8 Å². The molecular formula is C14H19NO2. The molecule has 3 N–H and O–H groups in total. The highest BCUT2D eigenvalue weighted by molar-refractivity contribution is 5.85. The Morgan fingerprint density at radius 3 is 1.88 bits per heavy atom. The van der Waals surface area contributed by atoms with Gasteiger partial charge in [0.2, 0.25) is 0 Å². The van der Waals surface area contributed by atoms with Gasteiger partial charge in [-0.25, -0.2) is 0 Å². The summed E-state index contributed by atoms with van der Waals surface area (Å²) < 4.78 is 0. The summed E-state index contributed by atoms with van der Waals surface area (Å²) in [7, 11) is 0. The number of hydrogen-bond donors (Lipinski definition) is 1. The Kier molecular flexibility index (Phi) is 3.79. The van der Waals surface area contributed by atoms with Gasteiger partial charge in [-0.3, -0.25) is 0 Å². The largest absolute Gasteiger partial charge is 0.545 e. The summed E-state index contributed by atoms with van der Waals surface area (Å²) in [4.78, 5) is 10.1. The molecule has 17 heavy (non-hydrogen) atoms. The van der Waals surface area contributed by atoms with Gasteiger partial charge in [0.15, 0.2) is 0 Å². The van der Waals surface area contributed by atoms with Crippen molar-refractivity contribution in [2.24, 2.45) is 11.8 Å². The predicted molar refractivity (Wildman–Crippen MR) is 62.9 cm³/mol. The van der Waals surface area contributed by atoms with Crippen LogP contribution in [0, 0.1) is 11.8 Å². The number of quaternary nitrogens is 1. The van der Waals surface area contributed by atoms with E-state index < -0.39 is 5.97 Å². The second-order valence-electron chi connectivity index (χ2n) is 4.99. The molecule has 3 heteroatoms. The minimum absolute atomic E-state index is 0.220. The van der Waals surface area contributed by atoms with E-state index in [0.717, 1.165) is 17.9 Å². The lowest BCUT2D eigenvalue weighted by molar-refractivity contribution is -0.432. The second kappa shape index (κ2) is 5.32. The lowest BCUT2D eigenvalue weighted by Gasteiger charge is -2.01. The Labute approximate surface area is 102 Å². The first-order chi connectivity index (χ1) is 8.18. The SMILES string of the molecule is O=C([O-])c1ccccc1.[NH3+]C(C1CC1)C1CC1. The molecule has 0 saturated heterocycles. The molecule has 0 heterocycles. The molecule has 0 atom stereocenters. The standard InChI is InChI=1S/C7H13N.C7H6O2/c8-7(5-1-2-5)6-3-4-6;8-7(9)6-4-2-1-3-5-6/h5-7H,1-4,8H2;1-5H,(H,8,9). The lowest BCUT2D eigenvalue weighted by Crippen LogP contribution is -2.63. The van der Waals surface area contributed by atoms with Gasteiger partial charge in [-0.15, -0.1) is 0 Å². The van der Waals surface area contributed by atoms with Crippen LogP contribution < -0.4 is 10.8 Å². The summed E-state index contributed by atoms with van der Waals surface area (Å²) in [5.74, 6) is 0.959. The summed E-state index contributed by atoms with van der Waals surface area (Å²) in [5, 5.41) is 10.1. The fourth-order valence-electron chi connectivity index (χ4n) is 2.01. The highest BCUT2D eigenvalue weighted by Crippen LogP contribution is 2.42. The monoisotopic (exact) mass is 233 g/mol. The van der Waals surface area contributed by atoms with Crippen molar-refractivity contribution in [2.75, 3.05) is 0 Å². The number of benzene rings is 1. The molecule has 3 nitrogen and oxygen atoms in total. The van der Waals surface area contributed by atoms with Crippen LogP contribution in [0.5, 0.6) is 0 Å². The van der Waals surface area contributed by atoms with Gasteiger partial charge in [-0.05, 0) is 31.2 Å². The maximum atomic E-state index is 10.1. The highest BCUT2D eigenvalue weighted by Gasteiger charge is 2.41. The minimum atomic E-state index is -1.13. The maximum Gasteiger partial charge on any atom is 0.0900 e. The minimum Gasteiger partial charge on any atom is -0.545 e. The van der Waals surface area contributed by atoms with E-state index >= 15 is 0 Å². The number of carboxylic acid groups (broad SMARTS) is 1. The van der Waals surface area contributed by atoms with Gasteiger partial charge in [-0.2, -0.15) is 0 Å². The molecule has 2 fully saturated rings. The van der Waals surface area contributed by atoms with Gasteiger partial charge in [0.25, 0.3) is 0 Å². The first-order valence-corrected chi connectivity index (χ1v) is 6.28. The van der Waals surface area contributed by atoms with Crippen molar-refractivity contribution in [1.82, 2.24) is 0 Å². The molecule has 92 valence electrons. The van der Waals surface area contributed by atoms with Gasteiger partial charge >= 0.3 is 0 Å². The number of hydrogen-bond acceptors (Lipinski definition) is 2. The third-order valence-electron chi connectivity index (χ3n) is 3.46. The van der Waals surface area contributed by atoms with E-state index in [0.29, 0.717) is 0 Å². The van der Waals surface area contributed by atoms with Crippen molar-refractivity contribution in [1.29, 1.82) is 0 Å². The molecule has 0 aromatic heterocycles. The average molecular weight is 233 g/mol. The van der Waals surface area contributed by atoms with Crippen LogP contribution in [0.1, 0.15) is 36.0 Å². The van der Waals surface area contributed by atoms with Crippen LogP contribution in [0.4, 0.5) is 0 Å². The van der Waals surface area contributed by atoms with E-state index in [9.17, 15) is 9.90 Å². The number of carbonyl (C=O) groups is 1. The second-order valence-corrected chi connectivity index (χ2v) is 4.99. The Hall–Kier alpha value is -1.35. The van der Waals surface area contributed by atoms with Crippen LogP contribution >= 0.6 is 0 Å². The molecule has 0 radical (unpaired) electrons. The molecule has 0 bridgehead atoms. The molecule has 2 saturated carbocycles. The zero-order valence-corrected chi connectivity index (χ0v) is 9.97. The Balaban J connectivity index is 0.000000127. The van der Waals surface area contributed by atoms with Crippen molar-refractivity contribution in [3.63, 3.8) is 0 Å². The molecule has 0 unspecified atom stereocenters. The van der Waals surface area contributed by atoms with Crippen molar-refractivity contribution < 1.29 is 15.6 Å². The Bertz CT molecular complexity index is 357.